The molecule has 1 atom stereocenters. The fraction of sp³-hybridized carbons (Fsp3) is 0.400. The SMILES string of the molecule is Cc1cc(P)ccc1SC(C)C. The maximum absolute atomic E-state index is 2.72. The van der Waals surface area contributed by atoms with Gasteiger partial charge in [0.25, 0.3) is 0 Å². The van der Waals surface area contributed by atoms with Crippen LogP contribution in [-0.4, -0.2) is 5.25 Å². The standard InChI is InChI=1S/C10H15PS/c1-7(2)12-10-5-4-9(11)6-8(10)3/h4-7H,11H2,1-3H3. The van der Waals surface area contributed by atoms with Crippen molar-refractivity contribution in [3.63, 3.8) is 0 Å². The molecule has 1 unspecified atom stereocenters. The molecule has 66 valence electrons. The second-order valence-corrected chi connectivity index (χ2v) is 5.48. The average Bonchev–Trinajstić information content (AvgIpc) is 1.94. The molecule has 0 N–H and O–H groups in total. The smallest absolute Gasteiger partial charge is 0.0104 e. The highest BCUT2D eigenvalue weighted by molar-refractivity contribution is 8.00. The van der Waals surface area contributed by atoms with Gasteiger partial charge in [0.1, 0.15) is 0 Å². The summed E-state index contributed by atoms with van der Waals surface area (Å²) in [5, 5.41) is 1.93. The molecule has 0 saturated heterocycles. The molecule has 0 radical (unpaired) electrons. The Hall–Kier alpha value is -0.0000000000000000555. The Kier molecular flexibility index (Phi) is 3.61. The molecule has 0 aliphatic heterocycles. The van der Waals surface area contributed by atoms with Crippen LogP contribution in [0, 0.1) is 6.92 Å². The molecular formula is C10H15PS. The summed E-state index contributed by atoms with van der Waals surface area (Å²) in [6.45, 7) is 6.61. The third-order valence-electron chi connectivity index (χ3n) is 1.56. The first-order valence-electron chi connectivity index (χ1n) is 4.12. The zero-order valence-electron chi connectivity index (χ0n) is 7.79. The van der Waals surface area contributed by atoms with E-state index in [0.29, 0.717) is 5.25 Å². The van der Waals surface area contributed by atoms with E-state index >= 15 is 0 Å². The summed E-state index contributed by atoms with van der Waals surface area (Å²) in [4.78, 5) is 1.40. The van der Waals surface area contributed by atoms with Gasteiger partial charge in [-0.05, 0) is 23.9 Å². The third-order valence-corrected chi connectivity index (χ3v) is 3.10. The molecule has 1 aromatic carbocycles. The van der Waals surface area contributed by atoms with E-state index in [1.165, 1.54) is 15.8 Å². The van der Waals surface area contributed by atoms with Gasteiger partial charge in [-0.3, -0.25) is 0 Å². The summed E-state index contributed by atoms with van der Waals surface area (Å²) in [6.07, 6.45) is 0. The highest BCUT2D eigenvalue weighted by Gasteiger charge is 2.01. The van der Waals surface area contributed by atoms with Crippen molar-refractivity contribution >= 4 is 26.3 Å². The van der Waals surface area contributed by atoms with E-state index in [1.807, 2.05) is 11.8 Å². The van der Waals surface area contributed by atoms with E-state index in [2.05, 4.69) is 48.2 Å². The fourth-order valence-electron chi connectivity index (χ4n) is 1.06. The van der Waals surface area contributed by atoms with Gasteiger partial charge in [0.05, 0.1) is 0 Å². The maximum atomic E-state index is 2.72. The molecule has 0 spiro atoms. The zero-order chi connectivity index (χ0) is 9.14. The normalized spacial score (nSPS) is 10.8. The van der Waals surface area contributed by atoms with E-state index < -0.39 is 0 Å². The highest BCUT2D eigenvalue weighted by Crippen LogP contribution is 2.25. The summed E-state index contributed by atoms with van der Waals surface area (Å²) in [5.41, 5.74) is 1.38. The first-order chi connectivity index (χ1) is 5.59. The van der Waals surface area contributed by atoms with Crippen molar-refractivity contribution in [2.75, 3.05) is 0 Å². The van der Waals surface area contributed by atoms with Crippen LogP contribution in [0.15, 0.2) is 23.1 Å². The molecule has 1 rings (SSSR count). The van der Waals surface area contributed by atoms with E-state index in [-0.39, 0.29) is 0 Å². The third kappa shape index (κ3) is 2.80. The first-order valence-corrected chi connectivity index (χ1v) is 5.58. The molecule has 0 saturated carbocycles. The van der Waals surface area contributed by atoms with Crippen LogP contribution in [0.5, 0.6) is 0 Å². The largest absolute Gasteiger partial charge is 0.123 e. The van der Waals surface area contributed by atoms with Crippen molar-refractivity contribution < 1.29 is 0 Å². The molecule has 0 heterocycles. The predicted molar refractivity (Wildman–Crippen MR) is 61.5 cm³/mol. The summed E-state index contributed by atoms with van der Waals surface area (Å²) in [7, 11) is 2.72. The molecule has 2 heteroatoms. The second-order valence-electron chi connectivity index (χ2n) is 3.19. The zero-order valence-corrected chi connectivity index (χ0v) is 9.77. The summed E-state index contributed by atoms with van der Waals surface area (Å²) >= 11 is 1.92. The average molecular weight is 198 g/mol. The molecule has 0 amide bonds. The molecule has 0 bridgehead atoms. The van der Waals surface area contributed by atoms with Crippen molar-refractivity contribution in [1.82, 2.24) is 0 Å². The molecule has 0 aliphatic rings. The molecule has 12 heavy (non-hydrogen) atoms. The molecule has 0 aromatic heterocycles. The Morgan fingerprint density at radius 2 is 2.00 bits per heavy atom. The van der Waals surface area contributed by atoms with Crippen molar-refractivity contribution in [2.24, 2.45) is 0 Å². The van der Waals surface area contributed by atoms with Crippen molar-refractivity contribution in [1.29, 1.82) is 0 Å². The predicted octanol–water partition coefficient (Wildman–Crippen LogP) is 3.00. The number of hydrogen-bond donors (Lipinski definition) is 0. The number of rotatable bonds is 2. The lowest BCUT2D eigenvalue weighted by molar-refractivity contribution is 1.10. The molecular weight excluding hydrogens is 183 g/mol. The van der Waals surface area contributed by atoms with Gasteiger partial charge in [-0.2, -0.15) is 0 Å². The van der Waals surface area contributed by atoms with Gasteiger partial charge in [-0.25, -0.2) is 0 Å². The Bertz CT molecular complexity index is 269. The molecule has 0 aliphatic carbocycles. The Morgan fingerprint density at radius 3 is 2.50 bits per heavy atom. The van der Waals surface area contributed by atoms with Crippen molar-refractivity contribution in [2.45, 2.75) is 30.9 Å². The summed E-state index contributed by atoms with van der Waals surface area (Å²) in [6, 6.07) is 6.54. The monoisotopic (exact) mass is 198 g/mol. The Morgan fingerprint density at radius 1 is 1.33 bits per heavy atom. The van der Waals surface area contributed by atoms with Crippen LogP contribution in [0.2, 0.25) is 0 Å². The maximum Gasteiger partial charge on any atom is 0.0104 e. The van der Waals surface area contributed by atoms with E-state index in [0.717, 1.165) is 0 Å². The van der Waals surface area contributed by atoms with Crippen LogP contribution in [-0.2, 0) is 0 Å². The minimum absolute atomic E-state index is 0.666. The van der Waals surface area contributed by atoms with E-state index in [4.69, 9.17) is 0 Å². The van der Waals surface area contributed by atoms with Gasteiger partial charge in [-0.1, -0.05) is 26.0 Å². The molecule has 0 nitrogen and oxygen atoms in total. The van der Waals surface area contributed by atoms with Crippen LogP contribution in [0.25, 0.3) is 0 Å². The quantitative estimate of drug-likeness (QED) is 0.520. The minimum atomic E-state index is 0.666. The van der Waals surface area contributed by atoms with Gasteiger partial charge in [0.2, 0.25) is 0 Å². The van der Waals surface area contributed by atoms with E-state index in [1.54, 1.807) is 0 Å². The summed E-state index contributed by atoms with van der Waals surface area (Å²) in [5.74, 6) is 0. The van der Waals surface area contributed by atoms with E-state index in [9.17, 15) is 0 Å². The van der Waals surface area contributed by atoms with Crippen LogP contribution in [0.4, 0.5) is 0 Å². The number of aryl methyl sites for hydroxylation is 1. The number of thioether (sulfide) groups is 1. The molecule has 1 aromatic rings. The van der Waals surface area contributed by atoms with Gasteiger partial charge in [-0.15, -0.1) is 21.0 Å². The lowest BCUT2D eigenvalue weighted by Crippen LogP contribution is -1.94. The Balaban J connectivity index is 2.86. The lowest BCUT2D eigenvalue weighted by atomic mass is 10.2. The van der Waals surface area contributed by atoms with Crippen molar-refractivity contribution in [3.05, 3.63) is 23.8 Å². The minimum Gasteiger partial charge on any atom is -0.123 e. The lowest BCUT2D eigenvalue weighted by Gasteiger charge is -2.08. The highest BCUT2D eigenvalue weighted by atomic mass is 32.2. The van der Waals surface area contributed by atoms with Crippen molar-refractivity contribution in [3.8, 4) is 0 Å². The topological polar surface area (TPSA) is 0 Å². The van der Waals surface area contributed by atoms with Gasteiger partial charge >= 0.3 is 0 Å². The second kappa shape index (κ2) is 4.30. The van der Waals surface area contributed by atoms with Gasteiger partial charge in [0.15, 0.2) is 0 Å². The van der Waals surface area contributed by atoms with Crippen LogP contribution in [0.3, 0.4) is 0 Å². The van der Waals surface area contributed by atoms with Gasteiger partial charge in [0, 0.05) is 10.1 Å². The fourth-order valence-corrected chi connectivity index (χ4v) is 2.30. The summed E-state index contributed by atoms with van der Waals surface area (Å²) < 4.78 is 0. The Labute approximate surface area is 81.3 Å². The van der Waals surface area contributed by atoms with Crippen LogP contribution >= 0.6 is 21.0 Å². The number of benzene rings is 1. The molecule has 0 fully saturated rings. The van der Waals surface area contributed by atoms with Crippen LogP contribution in [0.1, 0.15) is 19.4 Å². The number of hydrogen-bond acceptors (Lipinski definition) is 1. The van der Waals surface area contributed by atoms with Crippen LogP contribution < -0.4 is 5.30 Å². The van der Waals surface area contributed by atoms with Gasteiger partial charge < -0.3 is 0 Å². The first kappa shape index (κ1) is 10.1.